The minimum Gasteiger partial charge on any atom is -0.312 e. The fraction of sp³-hybridized carbons (Fsp3) is 0.800. The first-order valence-corrected chi connectivity index (χ1v) is 6.19. The average Bonchev–Trinajstić information content (AvgIpc) is 2.52. The summed E-state index contributed by atoms with van der Waals surface area (Å²) in [4.78, 5) is 0. The Balaban J connectivity index is 2.18. The second kappa shape index (κ2) is 5.28. The topological polar surface area (TPSA) is 12.0 Å². The van der Waals surface area contributed by atoms with E-state index in [2.05, 4.69) is 24.0 Å². The van der Waals surface area contributed by atoms with Crippen molar-refractivity contribution in [2.45, 2.75) is 31.4 Å². The lowest BCUT2D eigenvalue weighted by Gasteiger charge is -2.22. The molecule has 1 nitrogen and oxygen atoms in total. The van der Waals surface area contributed by atoms with Gasteiger partial charge in [0.1, 0.15) is 0 Å². The molecule has 1 N–H and O–H groups in total. The zero-order valence-electron chi connectivity index (χ0n) is 8.40. The second-order valence-corrected chi connectivity index (χ2v) is 5.86. The standard InChI is InChI=1S/C10H18ClNS/c1-9(6-11)7-12-8-10(2)4-3-5-13-10/h6,12H,3-5,7-8H2,1-2H3. The van der Waals surface area contributed by atoms with Crippen molar-refractivity contribution in [1.82, 2.24) is 5.32 Å². The van der Waals surface area contributed by atoms with E-state index in [9.17, 15) is 0 Å². The van der Waals surface area contributed by atoms with Crippen LogP contribution in [0.15, 0.2) is 11.1 Å². The van der Waals surface area contributed by atoms with Gasteiger partial charge >= 0.3 is 0 Å². The Morgan fingerprint density at radius 2 is 2.46 bits per heavy atom. The van der Waals surface area contributed by atoms with Crippen molar-refractivity contribution in [3.63, 3.8) is 0 Å². The molecule has 1 heterocycles. The molecule has 0 bridgehead atoms. The molecule has 1 atom stereocenters. The number of hydrogen-bond acceptors (Lipinski definition) is 2. The van der Waals surface area contributed by atoms with E-state index < -0.39 is 0 Å². The molecule has 0 aliphatic carbocycles. The van der Waals surface area contributed by atoms with Crippen LogP contribution in [0.25, 0.3) is 0 Å². The van der Waals surface area contributed by atoms with E-state index in [0.717, 1.165) is 13.1 Å². The first-order chi connectivity index (χ1) is 6.16. The first-order valence-electron chi connectivity index (χ1n) is 4.77. The molecule has 0 saturated carbocycles. The van der Waals surface area contributed by atoms with Gasteiger partial charge in [0.25, 0.3) is 0 Å². The summed E-state index contributed by atoms with van der Waals surface area (Å²) in [6.45, 7) is 6.40. The van der Waals surface area contributed by atoms with Crippen LogP contribution in [0, 0.1) is 0 Å². The Morgan fingerprint density at radius 3 is 3.00 bits per heavy atom. The summed E-state index contributed by atoms with van der Waals surface area (Å²) < 4.78 is 0.465. The highest BCUT2D eigenvalue weighted by Gasteiger charge is 2.28. The summed E-state index contributed by atoms with van der Waals surface area (Å²) in [6.07, 6.45) is 2.71. The van der Waals surface area contributed by atoms with Crippen LogP contribution < -0.4 is 5.32 Å². The van der Waals surface area contributed by atoms with E-state index in [1.54, 1.807) is 5.54 Å². The maximum absolute atomic E-state index is 5.57. The van der Waals surface area contributed by atoms with Crippen LogP contribution >= 0.6 is 23.4 Å². The lowest BCUT2D eigenvalue weighted by Crippen LogP contribution is -2.33. The van der Waals surface area contributed by atoms with Gasteiger partial charge in [-0.15, -0.1) is 0 Å². The quantitative estimate of drug-likeness (QED) is 0.780. The van der Waals surface area contributed by atoms with Crippen LogP contribution in [0.4, 0.5) is 0 Å². The largest absolute Gasteiger partial charge is 0.312 e. The summed E-state index contributed by atoms with van der Waals surface area (Å²) in [5, 5.41) is 3.44. The van der Waals surface area contributed by atoms with E-state index in [1.807, 2.05) is 6.92 Å². The molecular formula is C10H18ClNS. The maximum Gasteiger partial charge on any atom is 0.0256 e. The summed E-state index contributed by atoms with van der Waals surface area (Å²) >= 11 is 7.66. The molecule has 0 aromatic heterocycles. The summed E-state index contributed by atoms with van der Waals surface area (Å²) in [6, 6.07) is 0. The third-order valence-electron chi connectivity index (χ3n) is 2.39. The van der Waals surface area contributed by atoms with Gasteiger partial charge in [0.15, 0.2) is 0 Å². The maximum atomic E-state index is 5.57. The Kier molecular flexibility index (Phi) is 4.63. The highest BCUT2D eigenvalue weighted by atomic mass is 35.5. The van der Waals surface area contributed by atoms with Crippen LogP contribution in [0.1, 0.15) is 26.7 Å². The molecule has 1 rings (SSSR count). The van der Waals surface area contributed by atoms with E-state index >= 15 is 0 Å². The van der Waals surface area contributed by atoms with Crippen molar-refractivity contribution in [2.24, 2.45) is 0 Å². The molecule has 0 amide bonds. The van der Waals surface area contributed by atoms with Crippen molar-refractivity contribution < 1.29 is 0 Å². The number of rotatable bonds is 4. The molecule has 3 heteroatoms. The van der Waals surface area contributed by atoms with Gasteiger partial charge < -0.3 is 5.32 Å². The number of hydrogen-bond donors (Lipinski definition) is 1. The van der Waals surface area contributed by atoms with Gasteiger partial charge in [0, 0.05) is 23.4 Å². The molecule has 1 aliphatic heterocycles. The zero-order chi connectivity index (χ0) is 9.73. The predicted molar refractivity (Wildman–Crippen MR) is 62.6 cm³/mol. The molecular weight excluding hydrogens is 202 g/mol. The van der Waals surface area contributed by atoms with E-state index in [-0.39, 0.29) is 0 Å². The lowest BCUT2D eigenvalue weighted by molar-refractivity contribution is 0.552. The SMILES string of the molecule is CC(=CCl)CNCC1(C)CCCS1. The summed E-state index contributed by atoms with van der Waals surface area (Å²) in [7, 11) is 0. The molecule has 1 saturated heterocycles. The van der Waals surface area contributed by atoms with Gasteiger partial charge in [-0.25, -0.2) is 0 Å². The molecule has 1 unspecified atom stereocenters. The minimum atomic E-state index is 0.465. The van der Waals surface area contributed by atoms with Crippen LogP contribution in [0.5, 0.6) is 0 Å². The number of thioether (sulfide) groups is 1. The van der Waals surface area contributed by atoms with Crippen molar-refractivity contribution in [3.05, 3.63) is 11.1 Å². The van der Waals surface area contributed by atoms with E-state index in [0.29, 0.717) is 4.75 Å². The van der Waals surface area contributed by atoms with Crippen molar-refractivity contribution >= 4 is 23.4 Å². The van der Waals surface area contributed by atoms with Crippen molar-refractivity contribution in [3.8, 4) is 0 Å². The smallest absolute Gasteiger partial charge is 0.0256 e. The van der Waals surface area contributed by atoms with Crippen LogP contribution in [0.3, 0.4) is 0 Å². The predicted octanol–water partition coefficient (Wildman–Crippen LogP) is 3.00. The van der Waals surface area contributed by atoms with Crippen LogP contribution in [-0.4, -0.2) is 23.6 Å². The van der Waals surface area contributed by atoms with Gasteiger partial charge in [-0.3, -0.25) is 0 Å². The van der Waals surface area contributed by atoms with Crippen LogP contribution in [0.2, 0.25) is 0 Å². The molecule has 13 heavy (non-hydrogen) atoms. The lowest BCUT2D eigenvalue weighted by atomic mass is 10.1. The Labute approximate surface area is 90.3 Å². The molecule has 76 valence electrons. The highest BCUT2D eigenvalue weighted by Crippen LogP contribution is 2.36. The molecule has 0 radical (unpaired) electrons. The molecule has 1 aliphatic rings. The molecule has 0 aromatic carbocycles. The zero-order valence-corrected chi connectivity index (χ0v) is 9.97. The van der Waals surface area contributed by atoms with Gasteiger partial charge in [-0.05, 0) is 38.0 Å². The Morgan fingerprint density at radius 1 is 1.69 bits per heavy atom. The Bertz CT molecular complexity index is 185. The first kappa shape index (κ1) is 11.4. The monoisotopic (exact) mass is 219 g/mol. The van der Waals surface area contributed by atoms with Gasteiger partial charge in [-0.2, -0.15) is 11.8 Å². The molecule has 0 spiro atoms. The van der Waals surface area contributed by atoms with Gasteiger partial charge in [0.05, 0.1) is 0 Å². The molecule has 0 aromatic rings. The van der Waals surface area contributed by atoms with Crippen LogP contribution in [-0.2, 0) is 0 Å². The normalized spacial score (nSPS) is 29.6. The second-order valence-electron chi connectivity index (χ2n) is 3.96. The summed E-state index contributed by atoms with van der Waals surface area (Å²) in [5.74, 6) is 1.32. The Hall–Kier alpha value is 0.340. The van der Waals surface area contributed by atoms with E-state index in [4.69, 9.17) is 11.6 Å². The minimum absolute atomic E-state index is 0.465. The number of halogens is 1. The highest BCUT2D eigenvalue weighted by molar-refractivity contribution is 8.00. The summed E-state index contributed by atoms with van der Waals surface area (Å²) in [5.41, 5.74) is 2.85. The van der Waals surface area contributed by atoms with E-state index in [1.165, 1.54) is 24.2 Å². The third-order valence-corrected chi connectivity index (χ3v) is 4.30. The fourth-order valence-electron chi connectivity index (χ4n) is 1.54. The number of nitrogens with one attached hydrogen (secondary N) is 1. The molecule has 1 fully saturated rings. The van der Waals surface area contributed by atoms with Crippen molar-refractivity contribution in [2.75, 3.05) is 18.8 Å². The van der Waals surface area contributed by atoms with Gasteiger partial charge in [-0.1, -0.05) is 11.6 Å². The third kappa shape index (κ3) is 3.92. The van der Waals surface area contributed by atoms with Gasteiger partial charge in [0.2, 0.25) is 0 Å². The van der Waals surface area contributed by atoms with Crippen molar-refractivity contribution in [1.29, 1.82) is 0 Å². The fourth-order valence-corrected chi connectivity index (χ4v) is 2.89. The average molecular weight is 220 g/mol.